The van der Waals surface area contributed by atoms with E-state index in [0.29, 0.717) is 23.0 Å². The van der Waals surface area contributed by atoms with Gasteiger partial charge in [0.05, 0.1) is 12.0 Å². The summed E-state index contributed by atoms with van der Waals surface area (Å²) in [6.07, 6.45) is 0.241. The molecule has 1 atom stereocenters. The van der Waals surface area contributed by atoms with E-state index in [1.165, 1.54) is 20.1 Å². The second kappa shape index (κ2) is 10.2. The fraction of sp³-hybridized carbons (Fsp3) is 0.217. The molecule has 1 saturated heterocycles. The molecule has 0 aliphatic carbocycles. The molecule has 2 aromatic carbocycles. The first kappa shape index (κ1) is 23.9. The van der Waals surface area contributed by atoms with Gasteiger partial charge in [-0.3, -0.25) is 19.3 Å². The Kier molecular flexibility index (Phi) is 7.39. The number of nitrogens with one attached hydrogen (secondary N) is 1. The first-order chi connectivity index (χ1) is 15.7. The van der Waals surface area contributed by atoms with Crippen LogP contribution in [0.2, 0.25) is 0 Å². The molecule has 9 nitrogen and oxygen atoms in total. The number of rotatable bonds is 8. The highest BCUT2D eigenvalue weighted by atomic mass is 32.2. The number of hydrogen-bond acceptors (Lipinski definition) is 7. The van der Waals surface area contributed by atoms with Crippen molar-refractivity contribution in [3.63, 3.8) is 0 Å². The molecule has 0 radical (unpaired) electrons. The molecule has 10 heteroatoms. The number of hydrogen-bond donors (Lipinski definition) is 2. The van der Waals surface area contributed by atoms with Crippen molar-refractivity contribution >= 4 is 46.5 Å². The molecule has 1 aliphatic heterocycles. The molecule has 1 fully saturated rings. The summed E-state index contributed by atoms with van der Waals surface area (Å²) in [7, 11) is 1.40. The zero-order valence-electron chi connectivity index (χ0n) is 18.2. The number of carbonyl (C=O) groups excluding carboxylic acids is 3. The lowest BCUT2D eigenvalue weighted by Crippen LogP contribution is -2.36. The smallest absolute Gasteiger partial charge is 0.344 e. The molecule has 0 unspecified atom stereocenters. The minimum absolute atomic E-state index is 0.0739. The van der Waals surface area contributed by atoms with E-state index in [1.54, 1.807) is 30.3 Å². The van der Waals surface area contributed by atoms with E-state index in [9.17, 15) is 24.3 Å². The van der Waals surface area contributed by atoms with Gasteiger partial charge in [0.15, 0.2) is 17.6 Å². The van der Waals surface area contributed by atoms with Gasteiger partial charge in [0.1, 0.15) is 6.54 Å². The van der Waals surface area contributed by atoms with Crippen LogP contribution in [0.1, 0.15) is 18.1 Å². The molecule has 0 saturated carbocycles. The van der Waals surface area contributed by atoms with Gasteiger partial charge in [-0.1, -0.05) is 30.3 Å². The maximum absolute atomic E-state index is 12.8. The highest BCUT2D eigenvalue weighted by molar-refractivity contribution is 8.18. The van der Waals surface area contributed by atoms with Crippen molar-refractivity contribution in [1.82, 2.24) is 4.90 Å². The molecular weight excluding hydrogens is 448 g/mol. The number of nitrogens with zero attached hydrogens (tertiary/aromatic N) is 1. The van der Waals surface area contributed by atoms with Crippen LogP contribution in [0.4, 0.5) is 10.5 Å². The number of thioether (sulfide) groups is 1. The summed E-state index contributed by atoms with van der Waals surface area (Å²) in [4.78, 5) is 49.8. The van der Waals surface area contributed by atoms with Crippen molar-refractivity contribution in [2.24, 2.45) is 0 Å². The number of carboxylic acid groups (broad SMARTS) is 1. The number of anilines is 1. The minimum Gasteiger partial charge on any atom is -0.493 e. The molecule has 2 aromatic rings. The topological polar surface area (TPSA) is 122 Å². The third-order valence-corrected chi connectivity index (χ3v) is 5.66. The summed E-state index contributed by atoms with van der Waals surface area (Å²) < 4.78 is 10.8. The van der Waals surface area contributed by atoms with Crippen LogP contribution in [-0.2, 0) is 14.4 Å². The highest BCUT2D eigenvalue weighted by Gasteiger charge is 2.36. The van der Waals surface area contributed by atoms with E-state index in [-0.39, 0.29) is 16.4 Å². The van der Waals surface area contributed by atoms with Crippen LogP contribution in [-0.4, -0.2) is 52.8 Å². The van der Waals surface area contributed by atoms with Crippen LogP contribution in [0.25, 0.3) is 6.08 Å². The van der Waals surface area contributed by atoms with E-state index < -0.39 is 35.7 Å². The van der Waals surface area contributed by atoms with Gasteiger partial charge in [-0.15, -0.1) is 0 Å². The molecule has 172 valence electrons. The predicted molar refractivity (Wildman–Crippen MR) is 123 cm³/mol. The summed E-state index contributed by atoms with van der Waals surface area (Å²) in [6.45, 7) is 2.75. The third kappa shape index (κ3) is 5.53. The maximum atomic E-state index is 12.8. The molecule has 2 N–H and O–H groups in total. The number of ether oxygens (including phenoxy) is 2. The number of amides is 3. The lowest BCUT2D eigenvalue weighted by molar-refractivity contribution is -0.144. The summed E-state index contributed by atoms with van der Waals surface area (Å²) in [5.41, 5.74) is 1.80. The Labute approximate surface area is 194 Å². The van der Waals surface area contributed by atoms with Crippen LogP contribution < -0.4 is 14.8 Å². The van der Waals surface area contributed by atoms with Crippen molar-refractivity contribution < 1.29 is 33.8 Å². The van der Waals surface area contributed by atoms with Gasteiger partial charge in [-0.2, -0.15) is 0 Å². The fourth-order valence-corrected chi connectivity index (χ4v) is 3.81. The Bertz CT molecular complexity index is 1150. The predicted octanol–water partition coefficient (Wildman–Crippen LogP) is 3.53. The van der Waals surface area contributed by atoms with Crippen molar-refractivity contribution in [1.29, 1.82) is 0 Å². The van der Waals surface area contributed by atoms with Gasteiger partial charge >= 0.3 is 5.97 Å². The molecule has 1 aliphatic rings. The Balaban J connectivity index is 1.81. The van der Waals surface area contributed by atoms with Gasteiger partial charge in [-0.05, 0) is 49.4 Å². The molecule has 3 amide bonds. The molecule has 0 aromatic heterocycles. The Hall–Kier alpha value is -3.79. The zero-order chi connectivity index (χ0) is 24.1. The van der Waals surface area contributed by atoms with Crippen LogP contribution in [0.3, 0.4) is 0 Å². The summed E-state index contributed by atoms with van der Waals surface area (Å²) in [6, 6.07) is 12.0. The average Bonchev–Trinajstić information content (AvgIpc) is 3.03. The summed E-state index contributed by atoms with van der Waals surface area (Å²) in [5, 5.41) is 11.3. The van der Waals surface area contributed by atoms with Gasteiger partial charge < -0.3 is 19.9 Å². The lowest BCUT2D eigenvalue weighted by atomic mass is 10.1. The van der Waals surface area contributed by atoms with Gasteiger partial charge in [-0.25, -0.2) is 4.79 Å². The van der Waals surface area contributed by atoms with E-state index in [4.69, 9.17) is 9.47 Å². The fourth-order valence-electron chi connectivity index (χ4n) is 2.98. The number of benzene rings is 2. The van der Waals surface area contributed by atoms with E-state index in [1.807, 2.05) is 19.1 Å². The Morgan fingerprint density at radius 2 is 1.91 bits per heavy atom. The first-order valence-electron chi connectivity index (χ1n) is 9.88. The van der Waals surface area contributed by atoms with Crippen LogP contribution in [0, 0.1) is 6.92 Å². The first-order valence-corrected chi connectivity index (χ1v) is 10.7. The number of para-hydroxylation sites is 2. The molecule has 33 heavy (non-hydrogen) atoms. The number of methoxy groups -OCH3 is 1. The van der Waals surface area contributed by atoms with E-state index in [2.05, 4.69) is 5.32 Å². The van der Waals surface area contributed by atoms with Crippen LogP contribution in [0.5, 0.6) is 11.5 Å². The largest absolute Gasteiger partial charge is 0.493 e. The molecule has 3 rings (SSSR count). The second-order valence-electron chi connectivity index (χ2n) is 7.11. The normalized spacial score (nSPS) is 15.5. The molecule has 1 heterocycles. The number of aliphatic carboxylic acids is 1. The minimum atomic E-state index is -1.17. The monoisotopic (exact) mass is 470 g/mol. The number of carbonyl (C=O) groups is 4. The van der Waals surface area contributed by atoms with Gasteiger partial charge in [0.2, 0.25) is 5.91 Å². The zero-order valence-corrected chi connectivity index (χ0v) is 19.0. The lowest BCUT2D eigenvalue weighted by Gasteiger charge is -2.16. The van der Waals surface area contributed by atoms with Crippen molar-refractivity contribution in [3.8, 4) is 11.5 Å². The van der Waals surface area contributed by atoms with E-state index >= 15 is 0 Å². The van der Waals surface area contributed by atoms with Crippen molar-refractivity contribution in [2.45, 2.75) is 20.0 Å². The van der Waals surface area contributed by atoms with Crippen molar-refractivity contribution in [2.75, 3.05) is 19.0 Å². The Morgan fingerprint density at radius 3 is 2.58 bits per heavy atom. The second-order valence-corrected chi connectivity index (χ2v) is 8.10. The molecule has 0 spiro atoms. The maximum Gasteiger partial charge on any atom is 0.344 e. The Morgan fingerprint density at radius 1 is 1.18 bits per heavy atom. The van der Waals surface area contributed by atoms with Crippen LogP contribution in [0.15, 0.2) is 47.4 Å². The molecular formula is C23H22N2O7S. The van der Waals surface area contributed by atoms with Crippen LogP contribution >= 0.6 is 11.8 Å². The number of carboxylic acids is 1. The summed E-state index contributed by atoms with van der Waals surface area (Å²) in [5.74, 6) is -1.92. The standard InChI is InChI=1S/C23H22N2O7S/c1-13-7-4-5-9-16(13)24-19(26)12-25-21(27)18(33-23(25)30)11-15-8-6-10-17(31-3)20(15)32-14(2)22(28)29/h4-11,14H,12H2,1-3H3,(H,24,26)(H,28,29)/b18-11-/t14-/m0/s1. The SMILES string of the molecule is COc1cccc(/C=C2\SC(=O)N(CC(=O)Nc3ccccc3C)C2=O)c1O[C@@H](C)C(=O)O. The van der Waals surface area contributed by atoms with Gasteiger partial charge in [0.25, 0.3) is 11.1 Å². The average molecular weight is 471 g/mol. The summed E-state index contributed by atoms with van der Waals surface area (Å²) >= 11 is 0.681. The van der Waals surface area contributed by atoms with E-state index in [0.717, 1.165) is 10.5 Å². The van der Waals surface area contributed by atoms with Gasteiger partial charge in [0, 0.05) is 11.3 Å². The third-order valence-electron chi connectivity index (χ3n) is 4.75. The van der Waals surface area contributed by atoms with Crippen molar-refractivity contribution in [3.05, 3.63) is 58.5 Å². The number of imide groups is 1. The molecule has 0 bridgehead atoms. The number of aryl methyl sites for hydroxylation is 1. The quantitative estimate of drug-likeness (QED) is 0.562. The highest BCUT2D eigenvalue weighted by Crippen LogP contribution is 2.37.